The maximum atomic E-state index is 16.2. The van der Waals surface area contributed by atoms with Crippen molar-refractivity contribution in [3.63, 3.8) is 0 Å². The molecular formula is C34H27F5N2O5. The summed E-state index contributed by atoms with van der Waals surface area (Å²) in [6.45, 7) is 1.72. The van der Waals surface area contributed by atoms with Crippen LogP contribution in [0.4, 0.5) is 22.0 Å². The third-order valence-electron chi connectivity index (χ3n) is 8.29. The highest BCUT2D eigenvalue weighted by Crippen LogP contribution is 2.46. The van der Waals surface area contributed by atoms with Crippen LogP contribution >= 0.6 is 0 Å². The second-order valence-corrected chi connectivity index (χ2v) is 11.6. The Kier molecular flexibility index (Phi) is 7.91. The molecule has 0 saturated heterocycles. The Morgan fingerprint density at radius 1 is 1.00 bits per heavy atom. The van der Waals surface area contributed by atoms with Crippen LogP contribution in [0.3, 0.4) is 0 Å². The van der Waals surface area contributed by atoms with E-state index in [1.165, 1.54) is 18.2 Å². The van der Waals surface area contributed by atoms with Crippen LogP contribution in [0.25, 0.3) is 11.1 Å². The van der Waals surface area contributed by atoms with Gasteiger partial charge in [-0.05, 0) is 84.3 Å². The van der Waals surface area contributed by atoms with Gasteiger partial charge in [-0.1, -0.05) is 18.2 Å². The lowest BCUT2D eigenvalue weighted by Crippen LogP contribution is -2.41. The maximum absolute atomic E-state index is 16.2. The average Bonchev–Trinajstić information content (AvgIpc) is 3.83. The van der Waals surface area contributed by atoms with Crippen LogP contribution in [0, 0.1) is 18.6 Å². The Morgan fingerprint density at radius 2 is 1.74 bits per heavy atom. The molecule has 2 N–H and O–H groups in total. The van der Waals surface area contributed by atoms with Gasteiger partial charge in [-0.2, -0.15) is 13.2 Å². The lowest BCUT2D eigenvalue weighted by Gasteiger charge is -2.27. The molecule has 7 nitrogen and oxygen atoms in total. The molecule has 2 aliphatic rings. The molecule has 6 rings (SSSR count). The zero-order valence-electron chi connectivity index (χ0n) is 24.3. The first kappa shape index (κ1) is 31.0. The van der Waals surface area contributed by atoms with Gasteiger partial charge in [0.25, 0.3) is 5.56 Å². The number of nitrogens with zero attached hydrogens (tertiary/aromatic N) is 1. The molecule has 1 amide bonds. The molecule has 1 aliphatic carbocycles. The summed E-state index contributed by atoms with van der Waals surface area (Å²) in [4.78, 5) is 39.2. The van der Waals surface area contributed by atoms with Gasteiger partial charge in [0, 0.05) is 29.0 Å². The smallest absolute Gasteiger partial charge is 0.416 e. The lowest BCUT2D eigenvalue weighted by molar-refractivity contribution is -0.138. The maximum Gasteiger partial charge on any atom is 0.416 e. The summed E-state index contributed by atoms with van der Waals surface area (Å²) in [5, 5.41) is 12.3. The molecular weight excluding hydrogens is 611 g/mol. The summed E-state index contributed by atoms with van der Waals surface area (Å²) in [5.41, 5.74) is -0.419. The number of ether oxygens (including phenoxy) is 1. The van der Waals surface area contributed by atoms with E-state index >= 15 is 8.78 Å². The van der Waals surface area contributed by atoms with E-state index < -0.39 is 59.3 Å². The first-order valence-electron chi connectivity index (χ1n) is 14.5. The average molecular weight is 639 g/mol. The molecule has 0 unspecified atom stereocenters. The largest absolute Gasteiger partial charge is 0.488 e. The van der Waals surface area contributed by atoms with Crippen molar-refractivity contribution in [2.24, 2.45) is 0 Å². The number of hydrogen-bond donors (Lipinski definition) is 2. The van der Waals surface area contributed by atoms with E-state index in [-0.39, 0.29) is 29.7 Å². The molecule has 12 heteroatoms. The zero-order valence-corrected chi connectivity index (χ0v) is 24.3. The number of nitrogens with one attached hydrogen (secondary N) is 1. The highest BCUT2D eigenvalue weighted by atomic mass is 19.4. The predicted molar refractivity (Wildman–Crippen MR) is 156 cm³/mol. The molecule has 4 aromatic rings. The number of halogens is 5. The van der Waals surface area contributed by atoms with Crippen molar-refractivity contribution in [1.29, 1.82) is 0 Å². The number of benzene rings is 3. The lowest BCUT2D eigenvalue weighted by atomic mass is 9.90. The Balaban J connectivity index is 1.60. The molecule has 1 fully saturated rings. The minimum Gasteiger partial charge on any atom is -0.488 e. The quantitative estimate of drug-likeness (QED) is 0.240. The van der Waals surface area contributed by atoms with Crippen molar-refractivity contribution < 1.29 is 41.4 Å². The number of fused-ring (bicyclic) bond motifs is 6. The van der Waals surface area contributed by atoms with Crippen molar-refractivity contribution in [3.05, 3.63) is 122 Å². The van der Waals surface area contributed by atoms with Crippen LogP contribution in [-0.4, -0.2) is 21.6 Å². The summed E-state index contributed by atoms with van der Waals surface area (Å²) in [6, 6.07) is 9.59. The molecule has 3 aromatic carbocycles. The van der Waals surface area contributed by atoms with Crippen molar-refractivity contribution in [1.82, 2.24) is 9.88 Å². The molecule has 0 spiro atoms. The van der Waals surface area contributed by atoms with E-state index in [9.17, 15) is 32.7 Å². The fourth-order valence-electron chi connectivity index (χ4n) is 5.90. The van der Waals surface area contributed by atoms with Crippen LogP contribution in [0.15, 0.2) is 71.7 Å². The number of amides is 1. The molecule has 2 atom stereocenters. The van der Waals surface area contributed by atoms with Crippen LogP contribution in [-0.2, 0) is 22.4 Å². The fraction of sp³-hybridized carbons (Fsp3) is 0.265. The third kappa shape index (κ3) is 5.99. The number of alkyl halides is 3. The number of carbonyl (C=O) groups excluding carboxylic acids is 1. The first-order valence-corrected chi connectivity index (χ1v) is 14.5. The second kappa shape index (κ2) is 11.7. The first-order chi connectivity index (χ1) is 21.8. The SMILES string of the molecule is Cc1cccc2c1-c1cc(C3CC3)c(F)c(c1)[C@@H](CC(=O)O)NC(=O)[C@@H](n1ccc(C(F)(F)F)cc1=O)c1cc(ccc1F)CO2. The normalized spacial score (nSPS) is 18.2. The molecule has 2 heterocycles. The standard InChI is InChI=1S/C34H27F5N2O5/c1-17-3-2-4-27-30(17)20-12-22(19-6-7-19)31(36)24(13-20)26(15-29(43)44)40-33(45)32(23-11-18(16-46-27)5-8-25(23)35)41-10-9-21(14-28(41)42)34(37,38)39/h2-5,8-14,19,26,32H,6-7,15-16H2,1H3,(H,40,45)(H,43,44)/t26-,32+/m1/s1. The van der Waals surface area contributed by atoms with E-state index in [2.05, 4.69) is 5.32 Å². The Labute approximate surface area is 259 Å². The van der Waals surface area contributed by atoms with Gasteiger partial charge >= 0.3 is 12.1 Å². The number of carbonyl (C=O) groups is 2. The predicted octanol–water partition coefficient (Wildman–Crippen LogP) is 6.81. The topological polar surface area (TPSA) is 97.6 Å². The van der Waals surface area contributed by atoms with Gasteiger partial charge in [0.15, 0.2) is 0 Å². The molecule has 1 aromatic heterocycles. The molecule has 0 radical (unpaired) electrons. The summed E-state index contributed by atoms with van der Waals surface area (Å²) in [7, 11) is 0. The van der Waals surface area contributed by atoms with Crippen molar-refractivity contribution in [2.75, 3.05) is 0 Å². The zero-order chi connectivity index (χ0) is 32.9. The van der Waals surface area contributed by atoms with Gasteiger partial charge in [-0.15, -0.1) is 0 Å². The van der Waals surface area contributed by atoms with E-state index in [1.54, 1.807) is 18.2 Å². The van der Waals surface area contributed by atoms with E-state index in [0.29, 0.717) is 51.5 Å². The number of carboxylic acid groups (broad SMARTS) is 1. The minimum absolute atomic E-state index is 0.120. The fourth-order valence-corrected chi connectivity index (χ4v) is 5.90. The number of aliphatic carboxylic acids is 1. The van der Waals surface area contributed by atoms with E-state index in [1.807, 2.05) is 13.0 Å². The van der Waals surface area contributed by atoms with Crippen molar-refractivity contribution in [3.8, 4) is 16.9 Å². The van der Waals surface area contributed by atoms with Gasteiger partial charge in [-0.3, -0.25) is 19.0 Å². The molecule has 4 bridgehead atoms. The van der Waals surface area contributed by atoms with Crippen LogP contribution in [0.5, 0.6) is 5.75 Å². The Bertz CT molecular complexity index is 1930. The summed E-state index contributed by atoms with van der Waals surface area (Å²) >= 11 is 0. The van der Waals surface area contributed by atoms with E-state index in [0.717, 1.165) is 17.8 Å². The Hall–Kier alpha value is -5.00. The van der Waals surface area contributed by atoms with Crippen LogP contribution < -0.4 is 15.6 Å². The highest BCUT2D eigenvalue weighted by molar-refractivity contribution is 5.85. The monoisotopic (exact) mass is 638 g/mol. The molecule has 46 heavy (non-hydrogen) atoms. The van der Waals surface area contributed by atoms with Crippen LogP contribution in [0.1, 0.15) is 70.6 Å². The number of hydrogen-bond acceptors (Lipinski definition) is 4. The van der Waals surface area contributed by atoms with Crippen LogP contribution in [0.2, 0.25) is 0 Å². The van der Waals surface area contributed by atoms with Gasteiger partial charge in [0.05, 0.1) is 18.0 Å². The number of rotatable bonds is 4. The molecule has 1 aliphatic heterocycles. The van der Waals surface area contributed by atoms with Gasteiger partial charge < -0.3 is 15.2 Å². The summed E-state index contributed by atoms with van der Waals surface area (Å²) in [5.74, 6) is -3.90. The van der Waals surface area contributed by atoms with Crippen molar-refractivity contribution in [2.45, 2.75) is 57.0 Å². The summed E-state index contributed by atoms with van der Waals surface area (Å²) < 4.78 is 78.6. The number of pyridine rings is 1. The van der Waals surface area contributed by atoms with Gasteiger partial charge in [-0.25, -0.2) is 8.78 Å². The number of aryl methyl sites for hydroxylation is 1. The Morgan fingerprint density at radius 3 is 2.41 bits per heavy atom. The summed E-state index contributed by atoms with van der Waals surface area (Å²) in [6.07, 6.45) is -3.52. The number of aromatic nitrogens is 1. The molecule has 1 saturated carbocycles. The van der Waals surface area contributed by atoms with Crippen molar-refractivity contribution >= 4 is 11.9 Å². The third-order valence-corrected chi connectivity index (χ3v) is 8.29. The van der Waals surface area contributed by atoms with Gasteiger partial charge in [0.2, 0.25) is 5.91 Å². The van der Waals surface area contributed by atoms with Gasteiger partial charge in [0.1, 0.15) is 30.0 Å². The molecule has 238 valence electrons. The highest BCUT2D eigenvalue weighted by Gasteiger charge is 2.36. The van der Waals surface area contributed by atoms with E-state index in [4.69, 9.17) is 4.74 Å². The second-order valence-electron chi connectivity index (χ2n) is 11.6. The number of carboxylic acids is 1. The minimum atomic E-state index is -4.87.